The Morgan fingerprint density at radius 2 is 1.91 bits per heavy atom. The number of rotatable bonds is 6. The van der Waals surface area contributed by atoms with Gasteiger partial charge >= 0.3 is 0 Å². The van der Waals surface area contributed by atoms with E-state index < -0.39 is 0 Å². The second kappa shape index (κ2) is 10.5. The van der Waals surface area contributed by atoms with Gasteiger partial charge in [0.25, 0.3) is 0 Å². The van der Waals surface area contributed by atoms with Crippen molar-refractivity contribution in [2.45, 2.75) is 57.6 Å². The quantitative estimate of drug-likeness (QED) is 0.676. The zero-order valence-electron chi connectivity index (χ0n) is 20.2. The van der Waals surface area contributed by atoms with Gasteiger partial charge in [-0.2, -0.15) is 0 Å². The smallest absolute Gasteiger partial charge is 0.226 e. The van der Waals surface area contributed by atoms with E-state index in [0.29, 0.717) is 12.5 Å². The van der Waals surface area contributed by atoms with E-state index in [9.17, 15) is 4.79 Å². The standard InChI is InChI=1S/C26H41N3O3/c1-21(2)20-27-12-14-28(15-13-27)23-7-16-32-26(19-23)8-10-29(11-9-26)25(30)18-22-5-4-6-24(17-22)31-3/h4-6,17,21,23H,7-16,18-20H2,1-3H3. The van der Waals surface area contributed by atoms with Crippen LogP contribution in [0.1, 0.15) is 45.1 Å². The van der Waals surface area contributed by atoms with E-state index in [-0.39, 0.29) is 11.5 Å². The third-order valence-corrected chi connectivity index (χ3v) is 7.53. The van der Waals surface area contributed by atoms with Gasteiger partial charge in [0.15, 0.2) is 0 Å². The highest BCUT2D eigenvalue weighted by Crippen LogP contribution is 2.37. The number of piperazine rings is 1. The van der Waals surface area contributed by atoms with Crippen molar-refractivity contribution < 1.29 is 14.3 Å². The minimum absolute atomic E-state index is 0.0370. The molecular formula is C26H41N3O3. The Bertz CT molecular complexity index is 752. The monoisotopic (exact) mass is 443 g/mol. The van der Waals surface area contributed by atoms with Gasteiger partial charge in [-0.15, -0.1) is 0 Å². The first-order chi connectivity index (χ1) is 15.5. The molecule has 0 N–H and O–H groups in total. The van der Waals surface area contributed by atoms with Crippen molar-refractivity contribution in [2.24, 2.45) is 5.92 Å². The van der Waals surface area contributed by atoms with Gasteiger partial charge in [-0.1, -0.05) is 26.0 Å². The summed E-state index contributed by atoms with van der Waals surface area (Å²) in [6.07, 6.45) is 4.62. The van der Waals surface area contributed by atoms with E-state index in [2.05, 4.69) is 23.6 Å². The Labute approximate surface area is 193 Å². The van der Waals surface area contributed by atoms with Gasteiger partial charge in [0.2, 0.25) is 5.91 Å². The highest BCUT2D eigenvalue weighted by atomic mass is 16.5. The molecule has 3 aliphatic rings. The molecule has 1 unspecified atom stereocenters. The second-order valence-electron chi connectivity index (χ2n) is 10.3. The molecule has 4 rings (SSSR count). The summed E-state index contributed by atoms with van der Waals surface area (Å²) in [6, 6.07) is 8.45. The zero-order chi connectivity index (χ0) is 22.6. The first-order valence-corrected chi connectivity index (χ1v) is 12.5. The average molecular weight is 444 g/mol. The summed E-state index contributed by atoms with van der Waals surface area (Å²) < 4.78 is 11.7. The largest absolute Gasteiger partial charge is 0.497 e. The van der Waals surface area contributed by atoms with Gasteiger partial charge in [-0.05, 0) is 49.3 Å². The molecule has 1 aromatic carbocycles. The van der Waals surface area contributed by atoms with Crippen LogP contribution >= 0.6 is 0 Å². The Morgan fingerprint density at radius 1 is 1.16 bits per heavy atom. The van der Waals surface area contributed by atoms with E-state index in [1.807, 2.05) is 29.2 Å². The van der Waals surface area contributed by atoms with Gasteiger partial charge in [0.1, 0.15) is 5.75 Å². The SMILES string of the molecule is COc1cccc(CC(=O)N2CCC3(CC2)CC(N2CCN(CC(C)C)CC2)CCO3)c1. The lowest BCUT2D eigenvalue weighted by Gasteiger charge is -2.49. The lowest BCUT2D eigenvalue weighted by Crippen LogP contribution is -2.57. The molecule has 3 heterocycles. The Kier molecular flexibility index (Phi) is 7.74. The number of piperidine rings is 1. The average Bonchev–Trinajstić information content (AvgIpc) is 2.80. The number of carbonyl (C=O) groups is 1. The van der Waals surface area contributed by atoms with Crippen molar-refractivity contribution in [1.29, 1.82) is 0 Å². The minimum Gasteiger partial charge on any atom is -0.497 e. The maximum Gasteiger partial charge on any atom is 0.226 e. The first-order valence-electron chi connectivity index (χ1n) is 12.5. The Hall–Kier alpha value is -1.63. The van der Waals surface area contributed by atoms with Crippen molar-refractivity contribution >= 4 is 5.91 Å². The highest BCUT2D eigenvalue weighted by Gasteiger charge is 2.42. The van der Waals surface area contributed by atoms with E-state index in [1.165, 1.54) is 32.7 Å². The van der Waals surface area contributed by atoms with Gasteiger partial charge < -0.3 is 19.3 Å². The van der Waals surface area contributed by atoms with Crippen LogP contribution in [0, 0.1) is 5.92 Å². The molecule has 178 valence electrons. The summed E-state index contributed by atoms with van der Waals surface area (Å²) in [6.45, 7) is 13.0. The number of carbonyl (C=O) groups excluding carboxylic acids is 1. The molecule has 32 heavy (non-hydrogen) atoms. The molecule has 6 heteroatoms. The van der Waals surface area contributed by atoms with Gasteiger partial charge in [0, 0.05) is 58.5 Å². The van der Waals surface area contributed by atoms with Crippen molar-refractivity contribution in [3.8, 4) is 5.75 Å². The summed E-state index contributed by atoms with van der Waals surface area (Å²) in [5, 5.41) is 0. The van der Waals surface area contributed by atoms with Crippen LogP contribution in [0.2, 0.25) is 0 Å². The summed E-state index contributed by atoms with van der Waals surface area (Å²) in [7, 11) is 1.66. The third kappa shape index (κ3) is 5.83. The lowest BCUT2D eigenvalue weighted by atomic mass is 9.81. The fourth-order valence-corrected chi connectivity index (χ4v) is 5.72. The molecule has 3 saturated heterocycles. The molecule has 1 amide bonds. The van der Waals surface area contributed by atoms with Crippen LogP contribution < -0.4 is 4.74 Å². The number of hydrogen-bond acceptors (Lipinski definition) is 5. The molecular weight excluding hydrogens is 402 g/mol. The van der Waals surface area contributed by atoms with Crippen molar-refractivity contribution in [1.82, 2.24) is 14.7 Å². The predicted molar refractivity (Wildman–Crippen MR) is 127 cm³/mol. The number of nitrogens with zero attached hydrogens (tertiary/aromatic N) is 3. The molecule has 0 saturated carbocycles. The van der Waals surface area contributed by atoms with E-state index in [0.717, 1.165) is 62.6 Å². The first kappa shape index (κ1) is 23.5. The normalized spacial score (nSPS) is 24.8. The number of hydrogen-bond donors (Lipinski definition) is 0. The number of amides is 1. The minimum atomic E-state index is -0.0370. The Balaban J connectivity index is 1.26. The van der Waals surface area contributed by atoms with E-state index >= 15 is 0 Å². The number of ether oxygens (including phenoxy) is 2. The van der Waals surface area contributed by atoms with Crippen LogP contribution in [0.5, 0.6) is 5.75 Å². The van der Waals surface area contributed by atoms with Gasteiger partial charge in [0.05, 0.1) is 19.1 Å². The Morgan fingerprint density at radius 3 is 2.59 bits per heavy atom. The fourth-order valence-electron chi connectivity index (χ4n) is 5.72. The van der Waals surface area contributed by atoms with Crippen molar-refractivity contribution in [3.05, 3.63) is 29.8 Å². The highest BCUT2D eigenvalue weighted by molar-refractivity contribution is 5.79. The third-order valence-electron chi connectivity index (χ3n) is 7.53. The van der Waals surface area contributed by atoms with Gasteiger partial charge in [-0.25, -0.2) is 0 Å². The van der Waals surface area contributed by atoms with Crippen LogP contribution in [-0.2, 0) is 16.0 Å². The van der Waals surface area contributed by atoms with Crippen LogP contribution in [0.15, 0.2) is 24.3 Å². The van der Waals surface area contributed by atoms with E-state index in [1.54, 1.807) is 7.11 Å². The molecule has 0 aliphatic carbocycles. The molecule has 0 aromatic heterocycles. The lowest BCUT2D eigenvalue weighted by molar-refractivity contribution is -0.149. The molecule has 0 radical (unpaired) electrons. The number of benzene rings is 1. The molecule has 1 spiro atoms. The maximum absolute atomic E-state index is 12.9. The van der Waals surface area contributed by atoms with Crippen LogP contribution in [0.3, 0.4) is 0 Å². The molecule has 0 bridgehead atoms. The molecule has 6 nitrogen and oxygen atoms in total. The molecule has 3 aliphatic heterocycles. The van der Waals surface area contributed by atoms with Crippen molar-refractivity contribution in [3.63, 3.8) is 0 Å². The molecule has 1 atom stereocenters. The topological polar surface area (TPSA) is 45.2 Å². The zero-order valence-corrected chi connectivity index (χ0v) is 20.2. The molecule has 3 fully saturated rings. The molecule has 1 aromatic rings. The maximum atomic E-state index is 12.9. The van der Waals surface area contributed by atoms with Crippen LogP contribution in [0.4, 0.5) is 0 Å². The fraction of sp³-hybridized carbons (Fsp3) is 0.731. The van der Waals surface area contributed by atoms with Crippen LogP contribution in [-0.4, -0.2) is 91.8 Å². The van der Waals surface area contributed by atoms with Crippen molar-refractivity contribution in [2.75, 3.05) is 59.5 Å². The summed E-state index contributed by atoms with van der Waals surface area (Å²) in [5.74, 6) is 1.76. The number of likely N-dealkylation sites (tertiary alicyclic amines) is 1. The van der Waals surface area contributed by atoms with Gasteiger partial charge in [-0.3, -0.25) is 9.69 Å². The predicted octanol–water partition coefficient (Wildman–Crippen LogP) is 3.05. The number of methoxy groups -OCH3 is 1. The summed E-state index contributed by atoms with van der Waals surface area (Å²) in [4.78, 5) is 20.2. The second-order valence-corrected chi connectivity index (χ2v) is 10.3. The summed E-state index contributed by atoms with van der Waals surface area (Å²) >= 11 is 0. The van der Waals surface area contributed by atoms with Crippen LogP contribution in [0.25, 0.3) is 0 Å². The summed E-state index contributed by atoms with van der Waals surface area (Å²) in [5.41, 5.74) is 0.977. The van der Waals surface area contributed by atoms with E-state index in [4.69, 9.17) is 9.47 Å².